The summed E-state index contributed by atoms with van der Waals surface area (Å²) in [5, 5.41) is 13.2. The standard InChI is InChI=1S/C15H25NO2/c1-15(2)6-5-11(8-15)16-13-10-4-3-9(7-10)12(13)14(17)18/h9-13,16H,3-8H2,1-2H3,(H,17,18). The van der Waals surface area contributed by atoms with Gasteiger partial charge in [0.15, 0.2) is 0 Å². The van der Waals surface area contributed by atoms with Crippen LogP contribution in [0.1, 0.15) is 52.4 Å². The van der Waals surface area contributed by atoms with E-state index in [1.165, 1.54) is 25.7 Å². The Bertz CT molecular complexity index is 352. The third-order valence-corrected chi connectivity index (χ3v) is 5.60. The van der Waals surface area contributed by atoms with Crippen LogP contribution in [0.25, 0.3) is 0 Å². The van der Waals surface area contributed by atoms with Gasteiger partial charge in [-0.1, -0.05) is 13.8 Å². The first-order chi connectivity index (χ1) is 8.46. The van der Waals surface area contributed by atoms with Crippen LogP contribution in [0.4, 0.5) is 0 Å². The zero-order valence-corrected chi connectivity index (χ0v) is 11.5. The normalized spacial score (nSPS) is 45.6. The monoisotopic (exact) mass is 251 g/mol. The lowest BCUT2D eigenvalue weighted by atomic mass is 9.84. The third-order valence-electron chi connectivity index (χ3n) is 5.60. The van der Waals surface area contributed by atoms with Gasteiger partial charge in [0, 0.05) is 12.1 Å². The van der Waals surface area contributed by atoms with E-state index in [2.05, 4.69) is 19.2 Å². The van der Waals surface area contributed by atoms with Crippen molar-refractivity contribution < 1.29 is 9.90 Å². The molecule has 3 aliphatic carbocycles. The molecule has 0 aromatic carbocycles. The predicted molar refractivity (Wildman–Crippen MR) is 70.3 cm³/mol. The minimum absolute atomic E-state index is 0.118. The summed E-state index contributed by atoms with van der Waals surface area (Å²) in [5.74, 6) is 0.378. The summed E-state index contributed by atoms with van der Waals surface area (Å²) in [7, 11) is 0. The number of aliphatic carboxylic acids is 1. The number of carboxylic acids is 1. The molecule has 2 bridgehead atoms. The Hall–Kier alpha value is -0.570. The molecule has 3 nitrogen and oxygen atoms in total. The molecular formula is C15H25NO2. The molecule has 3 heteroatoms. The zero-order chi connectivity index (χ0) is 12.9. The van der Waals surface area contributed by atoms with Crippen LogP contribution in [0.3, 0.4) is 0 Å². The minimum atomic E-state index is -0.572. The second-order valence-electron chi connectivity index (χ2n) is 7.49. The zero-order valence-electron chi connectivity index (χ0n) is 11.5. The van der Waals surface area contributed by atoms with Crippen LogP contribution in [0.5, 0.6) is 0 Å². The fraction of sp³-hybridized carbons (Fsp3) is 0.933. The highest BCUT2D eigenvalue weighted by Gasteiger charge is 2.51. The maximum absolute atomic E-state index is 11.5. The maximum atomic E-state index is 11.5. The van der Waals surface area contributed by atoms with E-state index in [1.54, 1.807) is 0 Å². The largest absolute Gasteiger partial charge is 0.481 e. The Morgan fingerprint density at radius 2 is 1.94 bits per heavy atom. The van der Waals surface area contributed by atoms with Crippen molar-refractivity contribution in [1.29, 1.82) is 0 Å². The van der Waals surface area contributed by atoms with Gasteiger partial charge >= 0.3 is 5.97 Å². The molecule has 5 unspecified atom stereocenters. The number of hydrogen-bond acceptors (Lipinski definition) is 2. The minimum Gasteiger partial charge on any atom is -0.481 e. The lowest BCUT2D eigenvalue weighted by molar-refractivity contribution is -0.144. The fourth-order valence-electron chi connectivity index (χ4n) is 4.74. The van der Waals surface area contributed by atoms with E-state index in [4.69, 9.17) is 0 Å². The van der Waals surface area contributed by atoms with Crippen molar-refractivity contribution in [1.82, 2.24) is 5.32 Å². The van der Waals surface area contributed by atoms with E-state index in [-0.39, 0.29) is 12.0 Å². The van der Waals surface area contributed by atoms with Gasteiger partial charge in [-0.15, -0.1) is 0 Å². The molecule has 0 aromatic rings. The molecule has 102 valence electrons. The van der Waals surface area contributed by atoms with E-state index >= 15 is 0 Å². The molecule has 0 aromatic heterocycles. The Kier molecular flexibility index (Phi) is 2.92. The summed E-state index contributed by atoms with van der Waals surface area (Å²) < 4.78 is 0. The lowest BCUT2D eigenvalue weighted by Gasteiger charge is -2.32. The van der Waals surface area contributed by atoms with Gasteiger partial charge in [0.2, 0.25) is 0 Å². The summed E-state index contributed by atoms with van der Waals surface area (Å²) >= 11 is 0. The van der Waals surface area contributed by atoms with Gasteiger partial charge in [0.1, 0.15) is 0 Å². The van der Waals surface area contributed by atoms with Gasteiger partial charge in [-0.25, -0.2) is 0 Å². The summed E-state index contributed by atoms with van der Waals surface area (Å²) in [5.41, 5.74) is 0.438. The van der Waals surface area contributed by atoms with Crippen molar-refractivity contribution in [3.05, 3.63) is 0 Å². The molecular weight excluding hydrogens is 226 g/mol. The molecule has 3 saturated carbocycles. The van der Waals surface area contributed by atoms with Gasteiger partial charge < -0.3 is 10.4 Å². The topological polar surface area (TPSA) is 49.3 Å². The van der Waals surface area contributed by atoms with Gasteiger partial charge in [0.25, 0.3) is 0 Å². The number of hydrogen-bond donors (Lipinski definition) is 2. The van der Waals surface area contributed by atoms with Crippen LogP contribution in [-0.4, -0.2) is 23.2 Å². The number of carbonyl (C=O) groups is 1. The molecule has 3 fully saturated rings. The van der Waals surface area contributed by atoms with E-state index in [0.717, 1.165) is 12.8 Å². The fourth-order valence-corrected chi connectivity index (χ4v) is 4.74. The van der Waals surface area contributed by atoms with E-state index in [9.17, 15) is 9.90 Å². The van der Waals surface area contributed by atoms with Crippen molar-refractivity contribution in [3.8, 4) is 0 Å². The smallest absolute Gasteiger partial charge is 0.308 e. The van der Waals surface area contributed by atoms with Crippen LogP contribution in [-0.2, 0) is 4.79 Å². The quantitative estimate of drug-likeness (QED) is 0.810. The van der Waals surface area contributed by atoms with Crippen molar-refractivity contribution in [2.45, 2.75) is 64.5 Å². The second-order valence-corrected chi connectivity index (χ2v) is 7.49. The van der Waals surface area contributed by atoms with Crippen LogP contribution < -0.4 is 5.32 Å². The molecule has 3 aliphatic rings. The summed E-state index contributed by atoms with van der Waals surface area (Å²) in [6.45, 7) is 4.65. The molecule has 0 spiro atoms. The average molecular weight is 251 g/mol. The van der Waals surface area contributed by atoms with Gasteiger partial charge in [-0.3, -0.25) is 4.79 Å². The SMILES string of the molecule is CC1(C)CCC(NC2C3CCC(C3)C2C(=O)O)C1. The Labute approximate surface area is 109 Å². The van der Waals surface area contributed by atoms with Crippen LogP contribution >= 0.6 is 0 Å². The maximum Gasteiger partial charge on any atom is 0.308 e. The van der Waals surface area contributed by atoms with E-state index < -0.39 is 5.97 Å². The Morgan fingerprint density at radius 3 is 2.56 bits per heavy atom. The molecule has 5 atom stereocenters. The van der Waals surface area contributed by atoms with Gasteiger partial charge in [0.05, 0.1) is 5.92 Å². The first kappa shape index (κ1) is 12.5. The Morgan fingerprint density at radius 1 is 1.22 bits per heavy atom. The molecule has 3 rings (SSSR count). The molecule has 0 heterocycles. The van der Waals surface area contributed by atoms with Crippen LogP contribution in [0, 0.1) is 23.2 Å². The molecule has 18 heavy (non-hydrogen) atoms. The van der Waals surface area contributed by atoms with Crippen molar-refractivity contribution in [2.24, 2.45) is 23.2 Å². The van der Waals surface area contributed by atoms with Crippen molar-refractivity contribution in [2.75, 3.05) is 0 Å². The number of rotatable bonds is 3. The number of carboxylic acid groups (broad SMARTS) is 1. The third kappa shape index (κ3) is 2.07. The predicted octanol–water partition coefficient (Wildman–Crippen LogP) is 2.65. The summed E-state index contributed by atoms with van der Waals surface area (Å²) in [4.78, 5) is 11.5. The van der Waals surface area contributed by atoms with Crippen molar-refractivity contribution >= 4 is 5.97 Å². The highest BCUT2D eigenvalue weighted by atomic mass is 16.4. The first-order valence-corrected chi connectivity index (χ1v) is 7.45. The van der Waals surface area contributed by atoms with Gasteiger partial charge in [-0.2, -0.15) is 0 Å². The summed E-state index contributed by atoms with van der Waals surface area (Å²) in [6, 6.07) is 0.798. The van der Waals surface area contributed by atoms with Crippen LogP contribution in [0.15, 0.2) is 0 Å². The number of nitrogens with one attached hydrogen (secondary N) is 1. The first-order valence-electron chi connectivity index (χ1n) is 7.45. The second kappa shape index (κ2) is 4.22. The lowest BCUT2D eigenvalue weighted by Crippen LogP contribution is -2.48. The molecule has 0 saturated heterocycles. The highest BCUT2D eigenvalue weighted by molar-refractivity contribution is 5.72. The molecule has 0 radical (unpaired) electrons. The molecule has 0 aliphatic heterocycles. The average Bonchev–Trinajstić information content (AvgIpc) is 2.92. The Balaban J connectivity index is 1.67. The highest BCUT2D eigenvalue weighted by Crippen LogP contribution is 2.49. The molecule has 2 N–H and O–H groups in total. The van der Waals surface area contributed by atoms with Gasteiger partial charge in [-0.05, 0) is 55.8 Å². The van der Waals surface area contributed by atoms with Crippen LogP contribution in [0.2, 0.25) is 0 Å². The van der Waals surface area contributed by atoms with E-state index in [0.29, 0.717) is 23.3 Å². The van der Waals surface area contributed by atoms with E-state index in [1.807, 2.05) is 0 Å². The van der Waals surface area contributed by atoms with Crippen molar-refractivity contribution in [3.63, 3.8) is 0 Å². The molecule has 0 amide bonds. The number of fused-ring (bicyclic) bond motifs is 2. The summed E-state index contributed by atoms with van der Waals surface area (Å²) in [6.07, 6.45) is 7.20.